The first kappa shape index (κ1) is 13.9. The van der Waals surface area contributed by atoms with Gasteiger partial charge in [0.2, 0.25) is 0 Å². The molecule has 1 unspecified atom stereocenters. The van der Waals surface area contributed by atoms with Crippen molar-refractivity contribution in [3.8, 4) is 11.5 Å². The van der Waals surface area contributed by atoms with E-state index in [0.717, 1.165) is 41.6 Å². The summed E-state index contributed by atoms with van der Waals surface area (Å²) < 4.78 is 11.7. The van der Waals surface area contributed by atoms with E-state index in [1.165, 1.54) is 5.56 Å². The average molecular weight is 284 g/mol. The largest absolute Gasteiger partial charge is 0.486 e. The van der Waals surface area contributed by atoms with Gasteiger partial charge in [-0.25, -0.2) is 9.97 Å². The molecule has 21 heavy (non-hydrogen) atoms. The molecular formula is C17H20N2O2. The number of aryl methyl sites for hydroxylation is 3. The Balaban J connectivity index is 1.67. The third-order valence-corrected chi connectivity index (χ3v) is 3.87. The van der Waals surface area contributed by atoms with Gasteiger partial charge < -0.3 is 9.47 Å². The molecule has 0 bridgehead atoms. The molecule has 1 aliphatic heterocycles. The Bertz CT molecular complexity index is 655. The Hall–Kier alpha value is -2.10. The van der Waals surface area contributed by atoms with E-state index in [2.05, 4.69) is 16.9 Å². The molecule has 0 spiro atoms. The summed E-state index contributed by atoms with van der Waals surface area (Å²) in [6.45, 7) is 6.65. The summed E-state index contributed by atoms with van der Waals surface area (Å²) in [4.78, 5) is 8.95. The highest BCUT2D eigenvalue weighted by Gasteiger charge is 2.21. The van der Waals surface area contributed by atoms with Crippen LogP contribution in [0.15, 0.2) is 24.3 Å². The third-order valence-electron chi connectivity index (χ3n) is 3.87. The number of hydrogen-bond donors (Lipinski definition) is 0. The van der Waals surface area contributed by atoms with Crippen LogP contribution in [0.5, 0.6) is 11.5 Å². The van der Waals surface area contributed by atoms with Crippen molar-refractivity contribution >= 4 is 0 Å². The van der Waals surface area contributed by atoms with Crippen molar-refractivity contribution < 1.29 is 9.47 Å². The number of nitrogens with zero attached hydrogens (tertiary/aromatic N) is 2. The Labute approximate surface area is 125 Å². The fourth-order valence-electron chi connectivity index (χ4n) is 2.59. The Morgan fingerprint density at radius 2 is 1.86 bits per heavy atom. The smallest absolute Gasteiger partial charge is 0.161 e. The highest BCUT2D eigenvalue weighted by atomic mass is 16.6. The Kier molecular flexibility index (Phi) is 3.78. The first-order chi connectivity index (χ1) is 10.1. The number of aromatic nitrogens is 2. The fraction of sp³-hybridized carbons (Fsp3) is 0.412. The number of hydrogen-bond acceptors (Lipinski definition) is 4. The van der Waals surface area contributed by atoms with Crippen molar-refractivity contribution in [1.29, 1.82) is 0 Å². The van der Waals surface area contributed by atoms with Gasteiger partial charge in [0.1, 0.15) is 18.5 Å². The zero-order valence-electron chi connectivity index (χ0n) is 12.7. The highest BCUT2D eigenvalue weighted by molar-refractivity contribution is 5.40. The zero-order valence-corrected chi connectivity index (χ0v) is 12.7. The topological polar surface area (TPSA) is 44.2 Å². The van der Waals surface area contributed by atoms with Crippen LogP contribution in [-0.2, 0) is 6.42 Å². The lowest BCUT2D eigenvalue weighted by atomic mass is 10.1. The molecule has 1 aromatic carbocycles. The van der Waals surface area contributed by atoms with Gasteiger partial charge in [0.15, 0.2) is 11.5 Å². The Morgan fingerprint density at radius 3 is 2.67 bits per heavy atom. The predicted molar refractivity (Wildman–Crippen MR) is 80.9 cm³/mol. The summed E-state index contributed by atoms with van der Waals surface area (Å²) >= 11 is 0. The Morgan fingerprint density at radius 1 is 1.10 bits per heavy atom. The summed E-state index contributed by atoms with van der Waals surface area (Å²) in [5.41, 5.74) is 3.35. The molecule has 2 heterocycles. The van der Waals surface area contributed by atoms with Gasteiger partial charge in [-0.3, -0.25) is 0 Å². The lowest BCUT2D eigenvalue weighted by molar-refractivity contribution is 0.0849. The molecule has 2 aromatic rings. The summed E-state index contributed by atoms with van der Waals surface area (Å²) in [6, 6.07) is 7.81. The molecule has 4 nitrogen and oxygen atoms in total. The van der Waals surface area contributed by atoms with Crippen LogP contribution in [0.3, 0.4) is 0 Å². The average Bonchev–Trinajstić information content (AvgIpc) is 2.49. The van der Waals surface area contributed by atoms with Crippen LogP contribution < -0.4 is 9.47 Å². The van der Waals surface area contributed by atoms with Crippen molar-refractivity contribution in [1.82, 2.24) is 9.97 Å². The van der Waals surface area contributed by atoms with E-state index in [4.69, 9.17) is 9.47 Å². The number of para-hydroxylation sites is 2. The molecule has 0 fully saturated rings. The van der Waals surface area contributed by atoms with E-state index in [1.54, 1.807) is 0 Å². The standard InChI is InChI=1S/C17H20N2O2/c1-11-12(2)18-13(3)19-15(11)9-8-14-10-20-16-6-4-5-7-17(16)21-14/h4-7,14H,8-10H2,1-3H3. The second-order valence-corrected chi connectivity index (χ2v) is 5.46. The maximum atomic E-state index is 5.99. The lowest BCUT2D eigenvalue weighted by Crippen LogP contribution is -2.29. The molecule has 4 heteroatoms. The van der Waals surface area contributed by atoms with Crippen molar-refractivity contribution in [2.24, 2.45) is 0 Å². The van der Waals surface area contributed by atoms with E-state index in [9.17, 15) is 0 Å². The zero-order chi connectivity index (χ0) is 14.8. The molecule has 1 aromatic heterocycles. The molecule has 0 saturated heterocycles. The number of benzene rings is 1. The maximum Gasteiger partial charge on any atom is 0.161 e. The van der Waals surface area contributed by atoms with E-state index >= 15 is 0 Å². The van der Waals surface area contributed by atoms with Gasteiger partial charge in [-0.15, -0.1) is 0 Å². The molecule has 0 N–H and O–H groups in total. The molecule has 3 rings (SSSR count). The SMILES string of the molecule is Cc1nc(C)c(C)c(CCC2COc3ccccc3O2)n1. The first-order valence-electron chi connectivity index (χ1n) is 7.32. The van der Waals surface area contributed by atoms with E-state index < -0.39 is 0 Å². The van der Waals surface area contributed by atoms with Crippen LogP contribution in [-0.4, -0.2) is 22.7 Å². The summed E-state index contributed by atoms with van der Waals surface area (Å²) in [7, 11) is 0. The van der Waals surface area contributed by atoms with E-state index in [1.807, 2.05) is 38.1 Å². The minimum atomic E-state index is 0.0786. The van der Waals surface area contributed by atoms with Crippen molar-refractivity contribution in [2.45, 2.75) is 39.7 Å². The lowest BCUT2D eigenvalue weighted by Gasteiger charge is -2.26. The summed E-state index contributed by atoms with van der Waals surface area (Å²) in [5, 5.41) is 0. The summed E-state index contributed by atoms with van der Waals surface area (Å²) in [6.07, 6.45) is 1.85. The molecule has 1 aliphatic rings. The van der Waals surface area contributed by atoms with Crippen LogP contribution in [0.4, 0.5) is 0 Å². The maximum absolute atomic E-state index is 5.99. The summed E-state index contributed by atoms with van der Waals surface area (Å²) in [5.74, 6) is 2.50. The molecule has 0 saturated carbocycles. The highest BCUT2D eigenvalue weighted by Crippen LogP contribution is 2.31. The molecule has 0 radical (unpaired) electrons. The van der Waals surface area contributed by atoms with Gasteiger partial charge in [0.05, 0.1) is 0 Å². The molecule has 0 aliphatic carbocycles. The van der Waals surface area contributed by atoms with Gasteiger partial charge in [-0.05, 0) is 51.3 Å². The quantitative estimate of drug-likeness (QED) is 0.868. The normalized spacial score (nSPS) is 16.8. The van der Waals surface area contributed by atoms with Crippen LogP contribution in [0, 0.1) is 20.8 Å². The molecular weight excluding hydrogens is 264 g/mol. The van der Waals surface area contributed by atoms with Crippen molar-refractivity contribution in [3.63, 3.8) is 0 Å². The number of rotatable bonds is 3. The monoisotopic (exact) mass is 284 g/mol. The predicted octanol–water partition coefficient (Wildman–Crippen LogP) is 3.17. The second-order valence-electron chi connectivity index (χ2n) is 5.46. The van der Waals surface area contributed by atoms with Crippen molar-refractivity contribution in [3.05, 3.63) is 47.0 Å². The first-order valence-corrected chi connectivity index (χ1v) is 7.32. The van der Waals surface area contributed by atoms with Gasteiger partial charge >= 0.3 is 0 Å². The minimum absolute atomic E-state index is 0.0786. The fourth-order valence-corrected chi connectivity index (χ4v) is 2.59. The molecule has 1 atom stereocenters. The second kappa shape index (κ2) is 5.72. The minimum Gasteiger partial charge on any atom is -0.486 e. The van der Waals surface area contributed by atoms with Crippen LogP contribution in [0.25, 0.3) is 0 Å². The van der Waals surface area contributed by atoms with Gasteiger partial charge in [0.25, 0.3) is 0 Å². The van der Waals surface area contributed by atoms with Crippen LogP contribution in [0.2, 0.25) is 0 Å². The molecule has 110 valence electrons. The van der Waals surface area contributed by atoms with Gasteiger partial charge in [0, 0.05) is 11.4 Å². The van der Waals surface area contributed by atoms with Crippen LogP contribution >= 0.6 is 0 Å². The molecule has 0 amide bonds. The van der Waals surface area contributed by atoms with Crippen molar-refractivity contribution in [2.75, 3.05) is 6.61 Å². The van der Waals surface area contributed by atoms with Gasteiger partial charge in [-0.2, -0.15) is 0 Å². The van der Waals surface area contributed by atoms with E-state index in [-0.39, 0.29) is 6.10 Å². The number of fused-ring (bicyclic) bond motifs is 1. The van der Waals surface area contributed by atoms with Crippen LogP contribution in [0.1, 0.15) is 29.2 Å². The van der Waals surface area contributed by atoms with E-state index in [0.29, 0.717) is 6.61 Å². The third kappa shape index (κ3) is 2.99. The number of ether oxygens (including phenoxy) is 2. The van der Waals surface area contributed by atoms with Gasteiger partial charge in [-0.1, -0.05) is 12.1 Å².